The molecule has 3 aromatic carbocycles. The van der Waals surface area contributed by atoms with Gasteiger partial charge in [0.15, 0.2) is 0 Å². The second kappa shape index (κ2) is 16.5. The van der Waals surface area contributed by atoms with Crippen molar-refractivity contribution in [2.24, 2.45) is 4.99 Å². The predicted molar refractivity (Wildman–Crippen MR) is 174 cm³/mol. The minimum absolute atomic E-state index is 0.0115. The molecular formula is C36H43FN2O5. The van der Waals surface area contributed by atoms with Crippen molar-refractivity contribution < 1.29 is 29.2 Å². The molecule has 0 radical (unpaired) electrons. The van der Waals surface area contributed by atoms with Crippen LogP contribution in [0.4, 0.5) is 10.1 Å². The number of carbonyl (C=O) groups is 1. The third kappa shape index (κ3) is 8.65. The molecule has 0 aliphatic carbocycles. The number of ether oxygens (including phenoxy) is 1. The number of para-hydroxylation sites is 1. The average Bonchev–Trinajstić information content (AvgIpc) is 3.36. The van der Waals surface area contributed by atoms with E-state index in [0.29, 0.717) is 12.4 Å². The molecule has 0 aliphatic rings. The Morgan fingerprint density at radius 2 is 1.48 bits per heavy atom. The van der Waals surface area contributed by atoms with E-state index in [1.165, 1.54) is 12.1 Å². The van der Waals surface area contributed by atoms with Gasteiger partial charge in [0, 0.05) is 17.8 Å². The summed E-state index contributed by atoms with van der Waals surface area (Å²) in [4.78, 5) is 15.9. The van der Waals surface area contributed by atoms with E-state index in [1.807, 2.05) is 74.5 Å². The number of aliphatic carboxylic acids is 1. The largest absolute Gasteiger partial charge is 0.481 e. The van der Waals surface area contributed by atoms with Crippen LogP contribution in [0.1, 0.15) is 64.1 Å². The Labute approximate surface area is 259 Å². The Balaban J connectivity index is 0.00000259. The van der Waals surface area contributed by atoms with Crippen LogP contribution in [0.5, 0.6) is 0 Å². The SMILES string of the molecule is CC.COC(=Nc1ccccc1)c1c(-c2ccccc2)c(-c2ccc(F)cc2)n(CCC(O)CC(O)CC(=O)O)c1C(C)C. The van der Waals surface area contributed by atoms with Crippen LogP contribution in [-0.2, 0) is 16.1 Å². The number of hydrogen-bond acceptors (Lipinski definition) is 5. The number of aliphatic imine (C=N–C) groups is 1. The van der Waals surface area contributed by atoms with Gasteiger partial charge in [-0.05, 0) is 66.3 Å². The topological polar surface area (TPSA) is 104 Å². The average molecular weight is 603 g/mol. The van der Waals surface area contributed by atoms with Crippen molar-refractivity contribution in [3.8, 4) is 22.4 Å². The standard InChI is InChI=1S/C34H37FN2O5.C2H6/c1-22(2)32-31(34(42-3)36-26-12-8-5-9-13-26)30(23-10-6-4-7-11-23)33(24-14-16-25(35)17-15-24)37(32)19-18-27(38)20-28(39)21-29(40)41;1-2/h4-17,22,27-28,38-39H,18-21H2,1-3H3,(H,40,41);1-2H3. The van der Waals surface area contributed by atoms with Gasteiger partial charge in [-0.15, -0.1) is 0 Å². The van der Waals surface area contributed by atoms with Gasteiger partial charge >= 0.3 is 5.97 Å². The minimum atomic E-state index is -1.16. The molecule has 8 heteroatoms. The van der Waals surface area contributed by atoms with Crippen LogP contribution in [0, 0.1) is 5.82 Å². The number of methoxy groups -OCH3 is 1. The van der Waals surface area contributed by atoms with Crippen LogP contribution in [-0.4, -0.2) is 51.1 Å². The first kappa shape index (κ1) is 34.2. The fourth-order valence-electron chi connectivity index (χ4n) is 5.30. The first-order valence-corrected chi connectivity index (χ1v) is 15.0. The molecule has 0 saturated carbocycles. The Kier molecular flexibility index (Phi) is 12.9. The minimum Gasteiger partial charge on any atom is -0.481 e. The Bertz CT molecular complexity index is 1500. The fraction of sp³-hybridized carbons (Fsp3) is 0.333. The lowest BCUT2D eigenvalue weighted by Crippen LogP contribution is -2.22. The summed E-state index contributed by atoms with van der Waals surface area (Å²) in [6, 6.07) is 25.7. The van der Waals surface area contributed by atoms with Crippen LogP contribution in [0.2, 0.25) is 0 Å². The summed E-state index contributed by atoms with van der Waals surface area (Å²) in [5.41, 5.74) is 5.81. The first-order valence-electron chi connectivity index (χ1n) is 15.0. The molecule has 1 heterocycles. The molecule has 4 aromatic rings. The van der Waals surface area contributed by atoms with Gasteiger partial charge in [-0.3, -0.25) is 4.79 Å². The summed E-state index contributed by atoms with van der Waals surface area (Å²) in [6.07, 6.45) is -2.34. The third-order valence-electron chi connectivity index (χ3n) is 7.07. The van der Waals surface area contributed by atoms with Crippen molar-refractivity contribution in [1.29, 1.82) is 0 Å². The zero-order valence-corrected chi connectivity index (χ0v) is 26.1. The summed E-state index contributed by atoms with van der Waals surface area (Å²) < 4.78 is 22.2. The van der Waals surface area contributed by atoms with Gasteiger partial charge in [-0.25, -0.2) is 9.38 Å². The zero-order valence-electron chi connectivity index (χ0n) is 26.1. The lowest BCUT2D eigenvalue weighted by Gasteiger charge is -2.20. The molecule has 7 nitrogen and oxygen atoms in total. The smallest absolute Gasteiger partial charge is 0.305 e. The highest BCUT2D eigenvalue weighted by atomic mass is 19.1. The molecular weight excluding hydrogens is 559 g/mol. The normalized spacial score (nSPS) is 12.8. The van der Waals surface area contributed by atoms with E-state index in [9.17, 15) is 19.4 Å². The molecule has 0 aliphatic heterocycles. The van der Waals surface area contributed by atoms with Gasteiger partial charge in [-0.1, -0.05) is 76.2 Å². The maximum Gasteiger partial charge on any atom is 0.305 e. The Hall–Kier alpha value is -4.27. The number of carboxylic acids is 1. The molecule has 0 spiro atoms. The summed E-state index contributed by atoms with van der Waals surface area (Å²) in [5.74, 6) is -1.07. The van der Waals surface area contributed by atoms with Gasteiger partial charge < -0.3 is 24.6 Å². The van der Waals surface area contributed by atoms with Crippen molar-refractivity contribution in [3.05, 3.63) is 102 Å². The third-order valence-corrected chi connectivity index (χ3v) is 7.07. The highest BCUT2D eigenvalue weighted by molar-refractivity contribution is 6.07. The molecule has 4 rings (SSSR count). The monoisotopic (exact) mass is 602 g/mol. The highest BCUT2D eigenvalue weighted by Gasteiger charge is 2.30. The second-order valence-electron chi connectivity index (χ2n) is 10.5. The molecule has 0 saturated heterocycles. The number of rotatable bonds is 12. The van der Waals surface area contributed by atoms with Gasteiger partial charge in [-0.2, -0.15) is 0 Å². The maximum absolute atomic E-state index is 14.1. The van der Waals surface area contributed by atoms with Crippen LogP contribution in [0.15, 0.2) is 89.9 Å². The van der Waals surface area contributed by atoms with Crippen LogP contribution in [0.3, 0.4) is 0 Å². The number of aliphatic hydroxyl groups excluding tert-OH is 2. The van der Waals surface area contributed by atoms with E-state index >= 15 is 0 Å². The fourth-order valence-corrected chi connectivity index (χ4v) is 5.30. The van der Waals surface area contributed by atoms with Crippen LogP contribution in [0.25, 0.3) is 22.4 Å². The van der Waals surface area contributed by atoms with Gasteiger partial charge in [0.1, 0.15) is 5.82 Å². The number of hydrogen-bond donors (Lipinski definition) is 3. The van der Waals surface area contributed by atoms with Crippen LogP contribution >= 0.6 is 0 Å². The van der Waals surface area contributed by atoms with Gasteiger partial charge in [0.2, 0.25) is 5.90 Å². The quantitative estimate of drug-likeness (QED) is 0.113. The van der Waals surface area contributed by atoms with Gasteiger partial charge in [0.05, 0.1) is 42.7 Å². The van der Waals surface area contributed by atoms with E-state index in [1.54, 1.807) is 19.2 Å². The lowest BCUT2D eigenvalue weighted by molar-refractivity contribution is -0.139. The molecule has 0 amide bonds. The van der Waals surface area contributed by atoms with E-state index in [0.717, 1.165) is 39.3 Å². The Morgan fingerprint density at radius 3 is 2.02 bits per heavy atom. The summed E-state index contributed by atoms with van der Waals surface area (Å²) in [5, 5.41) is 29.9. The molecule has 1 aromatic heterocycles. The molecule has 3 N–H and O–H groups in total. The Morgan fingerprint density at radius 1 is 0.886 bits per heavy atom. The number of benzene rings is 3. The predicted octanol–water partition coefficient (Wildman–Crippen LogP) is 7.81. The molecule has 234 valence electrons. The number of aromatic nitrogens is 1. The van der Waals surface area contributed by atoms with E-state index in [-0.39, 0.29) is 24.6 Å². The first-order chi connectivity index (χ1) is 21.2. The number of nitrogens with zero attached hydrogens (tertiary/aromatic N) is 2. The number of carboxylic acid groups (broad SMARTS) is 1. The van der Waals surface area contributed by atoms with E-state index < -0.39 is 24.6 Å². The summed E-state index contributed by atoms with van der Waals surface area (Å²) in [7, 11) is 1.59. The van der Waals surface area contributed by atoms with Crippen molar-refractivity contribution in [1.82, 2.24) is 4.57 Å². The van der Waals surface area contributed by atoms with E-state index in [2.05, 4.69) is 18.4 Å². The second-order valence-corrected chi connectivity index (χ2v) is 10.5. The molecule has 44 heavy (non-hydrogen) atoms. The van der Waals surface area contributed by atoms with Crippen molar-refractivity contribution in [3.63, 3.8) is 0 Å². The van der Waals surface area contributed by atoms with Crippen molar-refractivity contribution >= 4 is 17.6 Å². The highest BCUT2D eigenvalue weighted by Crippen LogP contribution is 2.43. The maximum atomic E-state index is 14.1. The van der Waals surface area contributed by atoms with Crippen LogP contribution < -0.4 is 0 Å². The molecule has 0 bridgehead atoms. The zero-order chi connectivity index (χ0) is 32.2. The van der Waals surface area contributed by atoms with E-state index in [4.69, 9.17) is 14.8 Å². The molecule has 2 unspecified atom stereocenters. The van der Waals surface area contributed by atoms with Crippen molar-refractivity contribution in [2.45, 2.75) is 71.6 Å². The van der Waals surface area contributed by atoms with Crippen molar-refractivity contribution in [2.75, 3.05) is 7.11 Å². The number of halogens is 1. The molecule has 0 fully saturated rings. The van der Waals surface area contributed by atoms with Gasteiger partial charge in [0.25, 0.3) is 0 Å². The summed E-state index contributed by atoms with van der Waals surface area (Å²) in [6.45, 7) is 8.49. The molecule has 2 atom stereocenters. The number of aliphatic hydroxyl groups is 2. The summed E-state index contributed by atoms with van der Waals surface area (Å²) >= 11 is 0. The lowest BCUT2D eigenvalue weighted by atomic mass is 9.94.